The molecule has 1 atom stereocenters. The Labute approximate surface area is 141 Å². The van der Waals surface area contributed by atoms with Crippen molar-refractivity contribution in [2.75, 3.05) is 0 Å². The fourth-order valence-electron chi connectivity index (χ4n) is 3.58. The number of benzene rings is 3. The second-order valence-corrected chi connectivity index (χ2v) is 6.76. The summed E-state index contributed by atoms with van der Waals surface area (Å²) in [5.74, 6) is -0.128. The van der Waals surface area contributed by atoms with Gasteiger partial charge in [0.15, 0.2) is 6.23 Å². The Kier molecular flexibility index (Phi) is 3.22. The Morgan fingerprint density at radius 1 is 0.917 bits per heavy atom. The normalized spacial score (nSPS) is 17.4. The van der Waals surface area contributed by atoms with Crippen molar-refractivity contribution in [3.63, 3.8) is 0 Å². The molecule has 3 aromatic rings. The van der Waals surface area contributed by atoms with Crippen LogP contribution in [0.3, 0.4) is 0 Å². The summed E-state index contributed by atoms with van der Waals surface area (Å²) in [4.78, 5) is 14.6. The molecule has 0 bridgehead atoms. The van der Waals surface area contributed by atoms with Crippen molar-refractivity contribution >= 4 is 16.7 Å². The molecule has 3 heteroatoms. The van der Waals surface area contributed by atoms with E-state index in [4.69, 9.17) is 0 Å². The Bertz CT molecular complexity index is 931. The molecule has 0 radical (unpaired) electrons. The zero-order valence-corrected chi connectivity index (χ0v) is 13.7. The molecule has 4 rings (SSSR count). The van der Waals surface area contributed by atoms with Crippen LogP contribution in [0.2, 0.25) is 0 Å². The Balaban J connectivity index is 1.85. The van der Waals surface area contributed by atoms with Crippen LogP contribution in [-0.4, -0.2) is 15.9 Å². The molecule has 1 aliphatic rings. The molecule has 3 aromatic carbocycles. The summed E-state index contributed by atoms with van der Waals surface area (Å²) in [7, 11) is 0. The predicted octanol–water partition coefficient (Wildman–Crippen LogP) is 4.22. The van der Waals surface area contributed by atoms with Gasteiger partial charge in [-0.1, -0.05) is 54.6 Å². The Morgan fingerprint density at radius 2 is 1.50 bits per heavy atom. The quantitative estimate of drug-likeness (QED) is 0.768. The van der Waals surface area contributed by atoms with Crippen LogP contribution in [0.4, 0.5) is 0 Å². The zero-order valence-electron chi connectivity index (χ0n) is 13.7. The number of carbonyl (C=O) groups is 1. The maximum atomic E-state index is 13.0. The summed E-state index contributed by atoms with van der Waals surface area (Å²) in [6.07, 6.45) is -0.938. The topological polar surface area (TPSA) is 40.5 Å². The largest absolute Gasteiger partial charge is 0.369 e. The van der Waals surface area contributed by atoms with Crippen molar-refractivity contribution in [2.45, 2.75) is 25.6 Å². The number of aliphatic hydroxyl groups is 1. The van der Waals surface area contributed by atoms with Crippen LogP contribution in [0.25, 0.3) is 10.8 Å². The van der Waals surface area contributed by atoms with E-state index in [-0.39, 0.29) is 5.91 Å². The highest BCUT2D eigenvalue weighted by Gasteiger charge is 2.44. The monoisotopic (exact) mass is 317 g/mol. The molecule has 24 heavy (non-hydrogen) atoms. The average molecular weight is 317 g/mol. The van der Waals surface area contributed by atoms with Gasteiger partial charge >= 0.3 is 0 Å². The molecule has 0 fully saturated rings. The van der Waals surface area contributed by atoms with Gasteiger partial charge < -0.3 is 5.11 Å². The van der Waals surface area contributed by atoms with Crippen molar-refractivity contribution < 1.29 is 9.90 Å². The maximum absolute atomic E-state index is 13.0. The minimum Gasteiger partial charge on any atom is -0.369 e. The van der Waals surface area contributed by atoms with Crippen LogP contribution >= 0.6 is 0 Å². The molecule has 1 N–H and O–H groups in total. The lowest BCUT2D eigenvalue weighted by Gasteiger charge is -2.38. The van der Waals surface area contributed by atoms with Crippen molar-refractivity contribution in [3.05, 3.63) is 83.4 Å². The van der Waals surface area contributed by atoms with Gasteiger partial charge in [-0.15, -0.1) is 0 Å². The third-order valence-corrected chi connectivity index (χ3v) is 4.97. The fourth-order valence-corrected chi connectivity index (χ4v) is 3.58. The van der Waals surface area contributed by atoms with Crippen molar-refractivity contribution in [1.29, 1.82) is 0 Å². The average Bonchev–Trinajstić information content (AvgIpc) is 2.85. The highest BCUT2D eigenvalue weighted by molar-refractivity contribution is 6.03. The summed E-state index contributed by atoms with van der Waals surface area (Å²) in [6.45, 7) is 3.93. The first-order valence-corrected chi connectivity index (χ1v) is 8.10. The number of amides is 1. The fraction of sp³-hybridized carbons (Fsp3) is 0.190. The summed E-state index contributed by atoms with van der Waals surface area (Å²) >= 11 is 0. The lowest BCUT2D eigenvalue weighted by Crippen LogP contribution is -2.44. The summed E-state index contributed by atoms with van der Waals surface area (Å²) < 4.78 is 0. The highest BCUT2D eigenvalue weighted by Crippen LogP contribution is 2.42. The minimum atomic E-state index is -0.938. The Hall–Kier alpha value is -2.65. The number of hydrogen-bond donors (Lipinski definition) is 1. The first-order chi connectivity index (χ1) is 11.5. The molecule has 1 amide bonds. The number of aliphatic hydroxyl groups excluding tert-OH is 1. The van der Waals surface area contributed by atoms with Crippen LogP contribution in [-0.2, 0) is 5.54 Å². The minimum absolute atomic E-state index is 0.128. The SMILES string of the molecule is CC(C)(c1ccccc1)N1C(=O)c2cc3ccccc3cc2C1O. The molecular weight excluding hydrogens is 298 g/mol. The van der Waals surface area contributed by atoms with Crippen LogP contribution in [0.1, 0.15) is 41.6 Å². The van der Waals surface area contributed by atoms with Gasteiger partial charge in [0.05, 0.1) is 5.54 Å². The smallest absolute Gasteiger partial charge is 0.257 e. The first-order valence-electron chi connectivity index (χ1n) is 8.10. The van der Waals surface area contributed by atoms with Gasteiger partial charge in [-0.2, -0.15) is 0 Å². The predicted molar refractivity (Wildman–Crippen MR) is 94.5 cm³/mol. The molecule has 3 nitrogen and oxygen atoms in total. The summed E-state index contributed by atoms with van der Waals surface area (Å²) in [6, 6.07) is 21.5. The van der Waals surface area contributed by atoms with Gasteiger partial charge in [0.25, 0.3) is 5.91 Å². The molecule has 1 aliphatic heterocycles. The summed E-state index contributed by atoms with van der Waals surface area (Å²) in [5, 5.41) is 12.9. The van der Waals surface area contributed by atoms with E-state index in [1.54, 1.807) is 4.90 Å². The lowest BCUT2D eigenvalue weighted by atomic mass is 9.92. The zero-order chi connectivity index (χ0) is 16.9. The van der Waals surface area contributed by atoms with Gasteiger partial charge in [-0.05, 0) is 42.3 Å². The van der Waals surface area contributed by atoms with Crippen molar-refractivity contribution in [3.8, 4) is 0 Å². The third-order valence-electron chi connectivity index (χ3n) is 4.97. The third kappa shape index (κ3) is 2.05. The van der Waals surface area contributed by atoms with E-state index in [0.29, 0.717) is 11.1 Å². The first kappa shape index (κ1) is 14.9. The molecule has 1 heterocycles. The molecule has 1 unspecified atom stereocenters. The standard InChI is InChI=1S/C21H19NO2/c1-21(2,16-10-4-3-5-11-16)22-19(23)17-12-14-8-6-7-9-15(14)13-18(17)20(22)24/h3-13,19,23H,1-2H3. The molecule has 0 saturated heterocycles. The van der Waals surface area contributed by atoms with Crippen LogP contribution in [0.15, 0.2) is 66.7 Å². The van der Waals surface area contributed by atoms with Crippen molar-refractivity contribution in [1.82, 2.24) is 4.90 Å². The van der Waals surface area contributed by atoms with Gasteiger partial charge in [0, 0.05) is 11.1 Å². The number of carbonyl (C=O) groups excluding carboxylic acids is 1. The van der Waals surface area contributed by atoms with E-state index in [0.717, 1.165) is 16.3 Å². The maximum Gasteiger partial charge on any atom is 0.257 e. The second-order valence-electron chi connectivity index (χ2n) is 6.76. The molecule has 120 valence electrons. The van der Waals surface area contributed by atoms with Gasteiger partial charge in [0.1, 0.15) is 0 Å². The van der Waals surface area contributed by atoms with E-state index in [1.807, 2.05) is 80.6 Å². The van der Waals surface area contributed by atoms with Crippen LogP contribution in [0, 0.1) is 0 Å². The Morgan fingerprint density at radius 3 is 2.17 bits per heavy atom. The van der Waals surface area contributed by atoms with Gasteiger partial charge in [-0.3, -0.25) is 9.69 Å². The van der Waals surface area contributed by atoms with E-state index >= 15 is 0 Å². The summed E-state index contributed by atoms with van der Waals surface area (Å²) in [5.41, 5.74) is 1.66. The number of fused-ring (bicyclic) bond motifs is 2. The molecule has 0 spiro atoms. The lowest BCUT2D eigenvalue weighted by molar-refractivity contribution is -0.0304. The number of rotatable bonds is 2. The van der Waals surface area contributed by atoms with Crippen LogP contribution in [0.5, 0.6) is 0 Å². The highest BCUT2D eigenvalue weighted by atomic mass is 16.3. The van der Waals surface area contributed by atoms with E-state index < -0.39 is 11.8 Å². The second kappa shape index (κ2) is 5.18. The molecule has 0 aliphatic carbocycles. The molecular formula is C21H19NO2. The van der Waals surface area contributed by atoms with E-state index in [1.165, 1.54) is 0 Å². The number of nitrogens with zero attached hydrogens (tertiary/aromatic N) is 1. The van der Waals surface area contributed by atoms with Gasteiger partial charge in [0.2, 0.25) is 0 Å². The number of hydrogen-bond acceptors (Lipinski definition) is 2. The van der Waals surface area contributed by atoms with Gasteiger partial charge in [-0.25, -0.2) is 0 Å². The van der Waals surface area contributed by atoms with E-state index in [2.05, 4.69) is 0 Å². The molecule has 0 saturated carbocycles. The van der Waals surface area contributed by atoms with Crippen molar-refractivity contribution in [2.24, 2.45) is 0 Å². The van der Waals surface area contributed by atoms with Crippen LogP contribution < -0.4 is 0 Å². The van der Waals surface area contributed by atoms with E-state index in [9.17, 15) is 9.90 Å². The molecule has 0 aromatic heterocycles.